The van der Waals surface area contributed by atoms with E-state index < -0.39 is 0 Å². The van der Waals surface area contributed by atoms with Gasteiger partial charge < -0.3 is 0 Å². The molecule has 18 heavy (non-hydrogen) atoms. The van der Waals surface area contributed by atoms with Crippen LogP contribution in [0.2, 0.25) is 0 Å². The van der Waals surface area contributed by atoms with Gasteiger partial charge in [-0.25, -0.2) is 9.91 Å². The molecule has 0 fully saturated rings. The molecule has 0 bridgehead atoms. The van der Waals surface area contributed by atoms with Crippen LogP contribution in [0.3, 0.4) is 0 Å². The Morgan fingerprint density at radius 1 is 1.33 bits per heavy atom. The number of rotatable bonds is 2. The first kappa shape index (κ1) is 12.9. The number of nitrogens with zero attached hydrogens (tertiary/aromatic N) is 2. The van der Waals surface area contributed by atoms with Gasteiger partial charge >= 0.3 is 0 Å². The van der Waals surface area contributed by atoms with E-state index in [2.05, 4.69) is 35.9 Å². The molecule has 5 heteroatoms. The Balaban J connectivity index is 2.39. The highest BCUT2D eigenvalue weighted by atomic mass is 32.2. The summed E-state index contributed by atoms with van der Waals surface area (Å²) >= 11 is 1.58. The largest absolute Gasteiger partial charge is 0.294 e. The molecule has 0 aliphatic carbocycles. The fourth-order valence-corrected chi connectivity index (χ4v) is 2.85. The molecule has 1 aliphatic rings. The second kappa shape index (κ2) is 4.96. The van der Waals surface area contributed by atoms with E-state index in [-0.39, 0.29) is 5.91 Å². The number of thioether (sulfide) groups is 1. The monoisotopic (exact) mass is 262 g/mol. The summed E-state index contributed by atoms with van der Waals surface area (Å²) in [6.07, 6.45) is 2.13. The molecule has 94 valence electrons. The molecule has 1 aromatic rings. The SMILES string of the molecule is CC(=O)NN=C1SC(C)=C[N+]1(C)c1ccccc1. The number of carbonyl (C=O) groups is 1. The molecule has 1 N–H and O–H groups in total. The molecule has 1 amide bonds. The number of quaternary nitrogens is 1. The predicted octanol–water partition coefficient (Wildman–Crippen LogP) is 2.64. The van der Waals surface area contributed by atoms with Crippen LogP contribution in [0, 0.1) is 0 Å². The summed E-state index contributed by atoms with van der Waals surface area (Å²) in [5.41, 5.74) is 3.63. The molecule has 1 aliphatic heterocycles. The minimum Gasteiger partial charge on any atom is -0.274 e. The van der Waals surface area contributed by atoms with Gasteiger partial charge in [0.2, 0.25) is 5.91 Å². The summed E-state index contributed by atoms with van der Waals surface area (Å²) in [4.78, 5) is 12.1. The third-order valence-electron chi connectivity index (χ3n) is 2.69. The number of carbonyl (C=O) groups excluding carboxylic acids is 1. The van der Waals surface area contributed by atoms with Crippen LogP contribution >= 0.6 is 11.8 Å². The second-order valence-electron chi connectivity index (χ2n) is 4.32. The molecule has 0 radical (unpaired) electrons. The van der Waals surface area contributed by atoms with Crippen LogP contribution in [0.5, 0.6) is 0 Å². The van der Waals surface area contributed by atoms with E-state index in [1.165, 1.54) is 11.8 Å². The lowest BCUT2D eigenvalue weighted by Crippen LogP contribution is -2.42. The van der Waals surface area contributed by atoms with Gasteiger partial charge in [0.05, 0.1) is 7.05 Å². The van der Waals surface area contributed by atoms with Crippen molar-refractivity contribution in [2.24, 2.45) is 5.10 Å². The van der Waals surface area contributed by atoms with E-state index >= 15 is 0 Å². The first-order valence-electron chi connectivity index (χ1n) is 5.66. The highest BCUT2D eigenvalue weighted by Crippen LogP contribution is 2.37. The van der Waals surface area contributed by atoms with Crippen molar-refractivity contribution in [1.82, 2.24) is 9.91 Å². The molecular formula is C13H16N3OS+. The molecule has 0 aromatic heterocycles. The Morgan fingerprint density at radius 3 is 2.61 bits per heavy atom. The van der Waals surface area contributed by atoms with Crippen molar-refractivity contribution in [3.63, 3.8) is 0 Å². The number of hydrogen-bond acceptors (Lipinski definition) is 3. The molecule has 1 aromatic carbocycles. The van der Waals surface area contributed by atoms with Gasteiger partial charge in [0.15, 0.2) is 0 Å². The average molecular weight is 262 g/mol. The van der Waals surface area contributed by atoms with Gasteiger partial charge in [0, 0.05) is 24.0 Å². The molecule has 1 atom stereocenters. The fourth-order valence-electron chi connectivity index (χ4n) is 1.86. The first-order valence-corrected chi connectivity index (χ1v) is 6.48. The summed E-state index contributed by atoms with van der Waals surface area (Å²) in [5.74, 6) is -0.160. The Labute approximate surface area is 111 Å². The second-order valence-corrected chi connectivity index (χ2v) is 5.53. The smallest absolute Gasteiger partial charge is 0.274 e. The lowest BCUT2D eigenvalue weighted by molar-refractivity contribution is -0.118. The molecule has 4 nitrogen and oxygen atoms in total. The van der Waals surface area contributed by atoms with Gasteiger partial charge in [-0.2, -0.15) is 0 Å². The van der Waals surface area contributed by atoms with Crippen LogP contribution in [0.15, 0.2) is 46.5 Å². The Kier molecular flexibility index (Phi) is 3.54. The maximum absolute atomic E-state index is 11.0. The number of nitrogens with one attached hydrogen (secondary N) is 1. The van der Waals surface area contributed by atoms with E-state index in [1.807, 2.05) is 25.1 Å². The van der Waals surface area contributed by atoms with Crippen molar-refractivity contribution in [2.45, 2.75) is 13.8 Å². The molecule has 0 spiro atoms. The maximum Gasteiger partial charge on any atom is 0.294 e. The highest BCUT2D eigenvalue weighted by molar-refractivity contribution is 8.17. The Morgan fingerprint density at radius 2 is 2.00 bits per heavy atom. The van der Waals surface area contributed by atoms with Gasteiger partial charge in [-0.15, -0.1) is 5.10 Å². The molecule has 0 saturated carbocycles. The standard InChI is InChI=1S/C13H15N3OS/c1-10-9-16(3,12-7-5-4-6-8-12)13(18-10)15-14-11(2)17/h4-9H,1-3H3/p+1. The van der Waals surface area contributed by atoms with Gasteiger partial charge in [0.25, 0.3) is 5.17 Å². The quantitative estimate of drug-likeness (QED) is 0.657. The summed E-state index contributed by atoms with van der Waals surface area (Å²) in [6, 6.07) is 10.1. The number of benzene rings is 1. The van der Waals surface area contributed by atoms with Crippen LogP contribution in [-0.4, -0.2) is 18.1 Å². The van der Waals surface area contributed by atoms with Gasteiger partial charge in [-0.05, 0) is 18.7 Å². The zero-order chi connectivity index (χ0) is 13.2. The Bertz CT molecular complexity index is 524. The lowest BCUT2D eigenvalue weighted by atomic mass is 10.3. The number of hydrogen-bond donors (Lipinski definition) is 1. The summed E-state index contributed by atoms with van der Waals surface area (Å²) in [6.45, 7) is 3.50. The third-order valence-corrected chi connectivity index (χ3v) is 3.77. The van der Waals surface area contributed by atoms with E-state index in [1.54, 1.807) is 11.8 Å². The predicted molar refractivity (Wildman–Crippen MR) is 76.8 cm³/mol. The highest BCUT2D eigenvalue weighted by Gasteiger charge is 2.37. The summed E-state index contributed by atoms with van der Waals surface area (Å²) in [5, 5.41) is 5.04. The molecule has 1 unspecified atom stereocenters. The van der Waals surface area contributed by atoms with Crippen molar-refractivity contribution < 1.29 is 4.79 Å². The topological polar surface area (TPSA) is 41.5 Å². The van der Waals surface area contributed by atoms with Gasteiger partial charge in [-0.1, -0.05) is 18.2 Å². The maximum atomic E-state index is 11.0. The number of hydrazone groups is 1. The van der Waals surface area contributed by atoms with Crippen LogP contribution in [-0.2, 0) is 4.79 Å². The van der Waals surface area contributed by atoms with Crippen LogP contribution < -0.4 is 9.91 Å². The number of para-hydroxylation sites is 1. The van der Waals surface area contributed by atoms with Crippen molar-refractivity contribution in [3.05, 3.63) is 41.4 Å². The first-order chi connectivity index (χ1) is 8.52. The van der Waals surface area contributed by atoms with Crippen molar-refractivity contribution in [1.29, 1.82) is 0 Å². The van der Waals surface area contributed by atoms with Crippen LogP contribution in [0.25, 0.3) is 0 Å². The average Bonchev–Trinajstić information content (AvgIpc) is 2.64. The fraction of sp³-hybridized carbons (Fsp3) is 0.231. The normalized spacial score (nSPS) is 25.1. The Hall–Kier alpha value is -1.59. The van der Waals surface area contributed by atoms with E-state index in [9.17, 15) is 4.79 Å². The summed E-state index contributed by atoms with van der Waals surface area (Å²) < 4.78 is 0.484. The third kappa shape index (κ3) is 2.47. The number of amides is 1. The van der Waals surface area contributed by atoms with Crippen molar-refractivity contribution >= 4 is 28.5 Å². The number of allylic oxidation sites excluding steroid dienone is 1. The zero-order valence-electron chi connectivity index (χ0n) is 10.7. The van der Waals surface area contributed by atoms with E-state index in [0.717, 1.165) is 10.9 Å². The van der Waals surface area contributed by atoms with Gasteiger partial charge in [-0.3, -0.25) is 4.79 Å². The lowest BCUT2D eigenvalue weighted by Gasteiger charge is -2.24. The minimum absolute atomic E-state index is 0.160. The van der Waals surface area contributed by atoms with Gasteiger partial charge in [0.1, 0.15) is 11.9 Å². The van der Waals surface area contributed by atoms with Crippen LogP contribution in [0.1, 0.15) is 13.8 Å². The minimum atomic E-state index is -0.160. The van der Waals surface area contributed by atoms with E-state index in [0.29, 0.717) is 4.48 Å². The van der Waals surface area contributed by atoms with Crippen LogP contribution in [0.4, 0.5) is 5.69 Å². The zero-order valence-corrected chi connectivity index (χ0v) is 11.5. The molecule has 1 heterocycles. The van der Waals surface area contributed by atoms with E-state index in [4.69, 9.17) is 0 Å². The molecule has 0 saturated heterocycles. The summed E-state index contributed by atoms with van der Waals surface area (Å²) in [7, 11) is 2.06. The van der Waals surface area contributed by atoms with Crippen molar-refractivity contribution in [2.75, 3.05) is 7.05 Å². The number of amidine groups is 1. The van der Waals surface area contributed by atoms with Crippen molar-refractivity contribution in [3.8, 4) is 0 Å². The molecular weight excluding hydrogens is 246 g/mol. The molecule has 2 rings (SSSR count).